The Hall–Kier alpha value is -6.51. The molecule has 0 bridgehead atoms. The highest BCUT2D eigenvalue weighted by Gasteiger charge is 2.36. The van der Waals surface area contributed by atoms with E-state index in [9.17, 15) is 0 Å². The van der Waals surface area contributed by atoms with Crippen LogP contribution in [0, 0.1) is 0 Å². The fourth-order valence-electron chi connectivity index (χ4n) is 8.95. The predicted molar refractivity (Wildman–Crippen MR) is 219 cm³/mol. The average Bonchev–Trinajstić information content (AvgIpc) is 3.69. The molecule has 9 aromatic carbocycles. The van der Waals surface area contributed by atoms with Crippen LogP contribution in [0.25, 0.3) is 93.8 Å². The lowest BCUT2D eigenvalue weighted by atomic mass is 9.80. The monoisotopic (exact) mass is 662 g/mol. The Balaban J connectivity index is 1.01. The summed E-state index contributed by atoms with van der Waals surface area (Å²) in [7, 11) is 0. The van der Waals surface area contributed by atoms with Crippen LogP contribution in [-0.2, 0) is 5.41 Å². The maximum Gasteiger partial charge on any atom is 0.145 e. The molecular formula is C50H34N2. The van der Waals surface area contributed by atoms with Crippen LogP contribution in [0.3, 0.4) is 0 Å². The van der Waals surface area contributed by atoms with E-state index in [1.165, 1.54) is 76.8 Å². The molecule has 0 fully saturated rings. The first-order chi connectivity index (χ1) is 25.5. The fourth-order valence-corrected chi connectivity index (χ4v) is 8.95. The Morgan fingerprint density at radius 2 is 1.02 bits per heavy atom. The number of hydrogen-bond acceptors (Lipinski definition) is 1. The summed E-state index contributed by atoms with van der Waals surface area (Å²) in [5.74, 6) is 0.949. The van der Waals surface area contributed by atoms with E-state index in [4.69, 9.17) is 4.98 Å². The lowest BCUT2D eigenvalue weighted by Crippen LogP contribution is -2.15. The second-order valence-electron chi connectivity index (χ2n) is 14.8. The number of para-hydroxylation sites is 1. The predicted octanol–water partition coefficient (Wildman–Crippen LogP) is 13.2. The van der Waals surface area contributed by atoms with Gasteiger partial charge in [-0.25, -0.2) is 4.98 Å². The number of fused-ring (bicyclic) bond motifs is 4. The molecule has 1 aromatic heterocycles. The minimum absolute atomic E-state index is 0.153. The van der Waals surface area contributed by atoms with Crippen molar-refractivity contribution in [2.45, 2.75) is 19.3 Å². The first kappa shape index (κ1) is 29.2. The molecular weight excluding hydrogens is 629 g/mol. The van der Waals surface area contributed by atoms with Crippen LogP contribution in [0.15, 0.2) is 170 Å². The number of benzene rings is 9. The summed E-state index contributed by atoms with van der Waals surface area (Å²) < 4.78 is 2.27. The van der Waals surface area contributed by atoms with E-state index in [1.807, 2.05) is 0 Å². The van der Waals surface area contributed by atoms with Crippen molar-refractivity contribution in [3.63, 3.8) is 0 Å². The second-order valence-corrected chi connectivity index (χ2v) is 14.8. The van der Waals surface area contributed by atoms with E-state index in [2.05, 4.69) is 188 Å². The first-order valence-electron chi connectivity index (χ1n) is 18.1. The minimum atomic E-state index is -0.153. The molecule has 244 valence electrons. The van der Waals surface area contributed by atoms with Gasteiger partial charge in [-0.2, -0.15) is 0 Å². The van der Waals surface area contributed by atoms with Crippen molar-refractivity contribution in [1.29, 1.82) is 0 Å². The Morgan fingerprint density at radius 1 is 0.442 bits per heavy atom. The molecule has 0 atom stereocenters. The highest BCUT2D eigenvalue weighted by atomic mass is 15.1. The van der Waals surface area contributed by atoms with Gasteiger partial charge < -0.3 is 0 Å². The summed E-state index contributed by atoms with van der Waals surface area (Å²) in [6.07, 6.45) is 0. The van der Waals surface area contributed by atoms with Gasteiger partial charge in [0.05, 0.1) is 11.0 Å². The van der Waals surface area contributed by atoms with Gasteiger partial charge in [-0.1, -0.05) is 147 Å². The standard InChI is InChI=1S/C50H34N2/c1-50(2)43-28-35(36-22-27-46-45(30-36)51-49(34-10-5-3-6-11-34)52(46)38-14-7-4-8-15-38)20-24-40(43)41-25-21-37(29-44(41)50)39-23-18-33-17-16-31-12-9-13-32-19-26-42(39)48(33)47(31)32/h3-30H,1-2H3. The van der Waals surface area contributed by atoms with Gasteiger partial charge in [-0.15, -0.1) is 0 Å². The second kappa shape index (κ2) is 10.7. The van der Waals surface area contributed by atoms with E-state index in [0.717, 1.165) is 28.1 Å². The number of nitrogens with zero attached hydrogens (tertiary/aromatic N) is 2. The van der Waals surface area contributed by atoms with Gasteiger partial charge in [-0.3, -0.25) is 4.57 Å². The third-order valence-corrected chi connectivity index (χ3v) is 11.5. The number of hydrogen-bond donors (Lipinski definition) is 0. The van der Waals surface area contributed by atoms with Crippen molar-refractivity contribution in [1.82, 2.24) is 9.55 Å². The Morgan fingerprint density at radius 3 is 1.77 bits per heavy atom. The highest BCUT2D eigenvalue weighted by Crippen LogP contribution is 2.51. The quantitative estimate of drug-likeness (QED) is 0.172. The van der Waals surface area contributed by atoms with Crippen LogP contribution in [0.1, 0.15) is 25.0 Å². The normalized spacial score (nSPS) is 13.3. The van der Waals surface area contributed by atoms with Gasteiger partial charge in [-0.05, 0) is 113 Å². The summed E-state index contributed by atoms with van der Waals surface area (Å²) in [5.41, 5.74) is 14.5. The summed E-state index contributed by atoms with van der Waals surface area (Å²) in [6.45, 7) is 4.76. The van der Waals surface area contributed by atoms with Crippen molar-refractivity contribution < 1.29 is 0 Å². The maximum atomic E-state index is 5.23. The number of aromatic nitrogens is 2. The summed E-state index contributed by atoms with van der Waals surface area (Å²) >= 11 is 0. The molecule has 0 radical (unpaired) electrons. The molecule has 11 rings (SSSR count). The van der Waals surface area contributed by atoms with Crippen molar-refractivity contribution >= 4 is 43.4 Å². The van der Waals surface area contributed by atoms with Gasteiger partial charge in [0.25, 0.3) is 0 Å². The molecule has 0 unspecified atom stereocenters. The Bertz CT molecular complexity index is 3010. The molecule has 0 spiro atoms. The molecule has 0 saturated carbocycles. The maximum absolute atomic E-state index is 5.23. The smallest absolute Gasteiger partial charge is 0.145 e. The average molecular weight is 663 g/mol. The molecule has 0 saturated heterocycles. The molecule has 1 aliphatic carbocycles. The van der Waals surface area contributed by atoms with Gasteiger partial charge in [0, 0.05) is 16.7 Å². The molecule has 10 aromatic rings. The molecule has 52 heavy (non-hydrogen) atoms. The van der Waals surface area contributed by atoms with Crippen LogP contribution in [0.4, 0.5) is 0 Å². The topological polar surface area (TPSA) is 17.8 Å². The lowest BCUT2D eigenvalue weighted by Gasteiger charge is -2.23. The zero-order valence-corrected chi connectivity index (χ0v) is 29.1. The van der Waals surface area contributed by atoms with Crippen molar-refractivity contribution in [2.24, 2.45) is 0 Å². The van der Waals surface area contributed by atoms with Crippen LogP contribution < -0.4 is 0 Å². The van der Waals surface area contributed by atoms with Crippen LogP contribution in [0.5, 0.6) is 0 Å². The molecule has 0 N–H and O–H groups in total. The number of imidazole rings is 1. The Kier molecular flexibility index (Phi) is 6.04. The first-order valence-corrected chi connectivity index (χ1v) is 18.1. The van der Waals surface area contributed by atoms with E-state index >= 15 is 0 Å². The third kappa shape index (κ3) is 4.15. The van der Waals surface area contributed by atoms with Crippen LogP contribution >= 0.6 is 0 Å². The third-order valence-electron chi connectivity index (χ3n) is 11.5. The van der Waals surface area contributed by atoms with E-state index in [0.29, 0.717) is 0 Å². The molecule has 1 aliphatic rings. The SMILES string of the molecule is CC1(C)c2cc(-c3ccc4c(c3)nc(-c3ccccc3)n4-c3ccccc3)ccc2-c2ccc(-c3ccc4ccc5cccc6ccc3c4c56)cc21. The van der Waals surface area contributed by atoms with E-state index in [1.54, 1.807) is 0 Å². The summed E-state index contributed by atoms with van der Waals surface area (Å²) in [4.78, 5) is 5.23. The van der Waals surface area contributed by atoms with Gasteiger partial charge in [0.15, 0.2) is 0 Å². The molecule has 1 heterocycles. The van der Waals surface area contributed by atoms with Crippen molar-refractivity contribution in [3.8, 4) is 50.5 Å². The Labute approximate surface area is 302 Å². The van der Waals surface area contributed by atoms with Crippen molar-refractivity contribution in [3.05, 3.63) is 181 Å². The zero-order valence-electron chi connectivity index (χ0n) is 29.1. The minimum Gasteiger partial charge on any atom is -0.292 e. The van der Waals surface area contributed by atoms with Gasteiger partial charge in [0.1, 0.15) is 5.82 Å². The summed E-state index contributed by atoms with van der Waals surface area (Å²) in [6, 6.07) is 62.3. The largest absolute Gasteiger partial charge is 0.292 e. The molecule has 2 heteroatoms. The van der Waals surface area contributed by atoms with Crippen LogP contribution in [-0.4, -0.2) is 9.55 Å². The molecule has 2 nitrogen and oxygen atoms in total. The number of rotatable bonds is 4. The lowest BCUT2D eigenvalue weighted by molar-refractivity contribution is 0.661. The molecule has 0 amide bonds. The van der Waals surface area contributed by atoms with Crippen molar-refractivity contribution in [2.75, 3.05) is 0 Å². The zero-order chi connectivity index (χ0) is 34.6. The van der Waals surface area contributed by atoms with E-state index < -0.39 is 0 Å². The fraction of sp³-hybridized carbons (Fsp3) is 0.0600. The van der Waals surface area contributed by atoms with Gasteiger partial charge >= 0.3 is 0 Å². The van der Waals surface area contributed by atoms with Gasteiger partial charge in [0.2, 0.25) is 0 Å². The molecule has 0 aliphatic heterocycles. The summed E-state index contributed by atoms with van der Waals surface area (Å²) in [5, 5.41) is 7.94. The highest BCUT2D eigenvalue weighted by molar-refractivity contribution is 6.25. The van der Waals surface area contributed by atoms with E-state index in [-0.39, 0.29) is 5.41 Å². The van der Waals surface area contributed by atoms with Crippen LogP contribution in [0.2, 0.25) is 0 Å².